The molecule has 1 aromatic carbocycles. The fourth-order valence-corrected chi connectivity index (χ4v) is 4.61. The predicted molar refractivity (Wildman–Crippen MR) is 87.5 cm³/mol. The molecule has 2 aromatic rings. The number of benzene rings is 1. The Morgan fingerprint density at radius 1 is 1.24 bits per heavy atom. The molecule has 0 radical (unpaired) electrons. The molecular formula is C16H19FN2S2. The van der Waals surface area contributed by atoms with E-state index in [9.17, 15) is 4.39 Å². The summed E-state index contributed by atoms with van der Waals surface area (Å²) in [4.78, 5) is 6.87. The first-order valence-electron chi connectivity index (χ1n) is 7.32. The highest BCUT2D eigenvalue weighted by Gasteiger charge is 2.20. The van der Waals surface area contributed by atoms with Gasteiger partial charge in [0.15, 0.2) is 0 Å². The molecule has 0 spiro atoms. The minimum Gasteiger partial charge on any atom is -0.303 e. The van der Waals surface area contributed by atoms with Crippen molar-refractivity contribution >= 4 is 23.1 Å². The van der Waals surface area contributed by atoms with Crippen molar-refractivity contribution < 1.29 is 4.39 Å². The Hall–Kier alpha value is -0.910. The molecule has 0 atom stereocenters. The number of halogens is 1. The van der Waals surface area contributed by atoms with E-state index >= 15 is 0 Å². The number of rotatable bonds is 5. The van der Waals surface area contributed by atoms with Gasteiger partial charge in [0, 0.05) is 23.4 Å². The van der Waals surface area contributed by atoms with E-state index in [1.807, 2.05) is 35.5 Å². The number of aromatic nitrogens is 1. The van der Waals surface area contributed by atoms with Crippen LogP contribution in [0.1, 0.15) is 18.4 Å². The van der Waals surface area contributed by atoms with Crippen LogP contribution in [0.25, 0.3) is 0 Å². The molecular weight excluding hydrogens is 303 g/mol. The summed E-state index contributed by atoms with van der Waals surface area (Å²) < 4.78 is 14.1. The minimum atomic E-state index is -0.154. The molecule has 0 amide bonds. The Kier molecular flexibility index (Phi) is 5.27. The van der Waals surface area contributed by atoms with Gasteiger partial charge >= 0.3 is 0 Å². The molecule has 0 N–H and O–H groups in total. The van der Waals surface area contributed by atoms with Crippen molar-refractivity contribution in [2.75, 3.05) is 19.6 Å². The van der Waals surface area contributed by atoms with Crippen LogP contribution in [0, 0.1) is 5.82 Å². The molecule has 1 fully saturated rings. The van der Waals surface area contributed by atoms with Crippen LogP contribution in [-0.2, 0) is 6.42 Å². The van der Waals surface area contributed by atoms with Gasteiger partial charge in [0.2, 0.25) is 0 Å². The van der Waals surface area contributed by atoms with Crippen LogP contribution in [-0.4, -0.2) is 34.8 Å². The smallest absolute Gasteiger partial charge is 0.150 e. The fraction of sp³-hybridized carbons (Fsp3) is 0.438. The average molecular weight is 322 g/mol. The Morgan fingerprint density at radius 2 is 2.00 bits per heavy atom. The van der Waals surface area contributed by atoms with Crippen LogP contribution >= 0.6 is 23.1 Å². The third-order valence-corrected chi connectivity index (χ3v) is 6.10. The van der Waals surface area contributed by atoms with Gasteiger partial charge < -0.3 is 4.90 Å². The molecule has 0 saturated carbocycles. The Labute approximate surface area is 133 Å². The number of hydrogen-bond acceptors (Lipinski definition) is 4. The van der Waals surface area contributed by atoms with Crippen molar-refractivity contribution in [1.29, 1.82) is 0 Å². The molecule has 0 bridgehead atoms. The van der Waals surface area contributed by atoms with Crippen molar-refractivity contribution in [3.8, 4) is 0 Å². The molecule has 3 rings (SSSR count). The number of piperidine rings is 1. The number of thiazole rings is 1. The van der Waals surface area contributed by atoms with Gasteiger partial charge in [0.05, 0.1) is 0 Å². The van der Waals surface area contributed by atoms with Gasteiger partial charge in [-0.25, -0.2) is 9.37 Å². The first-order valence-corrected chi connectivity index (χ1v) is 9.08. The van der Waals surface area contributed by atoms with Crippen LogP contribution in [0.5, 0.6) is 0 Å². The van der Waals surface area contributed by atoms with E-state index in [4.69, 9.17) is 0 Å². The lowest BCUT2D eigenvalue weighted by atomic mass is 10.1. The van der Waals surface area contributed by atoms with E-state index in [0.29, 0.717) is 5.25 Å². The third-order valence-electron chi connectivity index (χ3n) is 3.84. The summed E-state index contributed by atoms with van der Waals surface area (Å²) in [5.74, 6) is -0.154. The maximum Gasteiger partial charge on any atom is 0.150 e. The topological polar surface area (TPSA) is 16.1 Å². The lowest BCUT2D eigenvalue weighted by molar-refractivity contribution is 0.235. The second-order valence-electron chi connectivity index (χ2n) is 5.33. The molecule has 1 aliphatic heterocycles. The van der Waals surface area contributed by atoms with Crippen molar-refractivity contribution in [2.24, 2.45) is 0 Å². The average Bonchev–Trinajstić information content (AvgIpc) is 3.01. The number of thioether (sulfide) groups is 1. The van der Waals surface area contributed by atoms with Crippen LogP contribution in [0.15, 0.2) is 40.2 Å². The minimum absolute atomic E-state index is 0.154. The van der Waals surface area contributed by atoms with Gasteiger partial charge in [0.1, 0.15) is 10.2 Å². The molecule has 112 valence electrons. The molecule has 5 heteroatoms. The van der Waals surface area contributed by atoms with Crippen molar-refractivity contribution in [1.82, 2.24) is 9.88 Å². The highest BCUT2D eigenvalue weighted by atomic mass is 32.2. The van der Waals surface area contributed by atoms with E-state index in [0.717, 1.165) is 26.1 Å². The Balaban J connectivity index is 1.40. The van der Waals surface area contributed by atoms with Crippen LogP contribution in [0.4, 0.5) is 4.39 Å². The monoisotopic (exact) mass is 322 g/mol. The molecule has 0 unspecified atom stereocenters. The van der Waals surface area contributed by atoms with E-state index < -0.39 is 0 Å². The second kappa shape index (κ2) is 7.38. The predicted octanol–water partition coefficient (Wildman–Crippen LogP) is 4.08. The van der Waals surface area contributed by atoms with Gasteiger partial charge in [-0.3, -0.25) is 0 Å². The summed E-state index contributed by atoms with van der Waals surface area (Å²) in [6, 6.07) is 6.87. The number of hydrogen-bond donors (Lipinski definition) is 0. The van der Waals surface area contributed by atoms with Gasteiger partial charge in [-0.15, -0.1) is 11.3 Å². The molecule has 0 aliphatic carbocycles. The van der Waals surface area contributed by atoms with Crippen molar-refractivity contribution in [3.63, 3.8) is 0 Å². The quantitative estimate of drug-likeness (QED) is 0.825. The van der Waals surface area contributed by atoms with Gasteiger partial charge in [0.25, 0.3) is 0 Å². The first kappa shape index (κ1) is 15.0. The normalized spacial score (nSPS) is 17.2. The van der Waals surface area contributed by atoms with E-state index in [1.54, 1.807) is 23.5 Å². The lowest BCUT2D eigenvalue weighted by Gasteiger charge is -2.31. The fourth-order valence-electron chi connectivity index (χ4n) is 2.60. The molecule has 1 saturated heterocycles. The SMILES string of the molecule is Fc1ccc(CCN2CCC(Sc3nccs3)CC2)cc1. The van der Waals surface area contributed by atoms with E-state index in [1.165, 1.54) is 22.7 Å². The summed E-state index contributed by atoms with van der Waals surface area (Å²) in [5.41, 5.74) is 1.22. The maximum absolute atomic E-state index is 12.9. The Bertz CT molecular complexity index is 534. The van der Waals surface area contributed by atoms with Crippen LogP contribution in [0.2, 0.25) is 0 Å². The molecule has 1 aliphatic rings. The second-order valence-corrected chi connectivity index (χ2v) is 7.78. The first-order chi connectivity index (χ1) is 10.3. The zero-order valence-corrected chi connectivity index (χ0v) is 13.5. The Morgan fingerprint density at radius 3 is 2.67 bits per heavy atom. The largest absolute Gasteiger partial charge is 0.303 e. The highest BCUT2D eigenvalue weighted by molar-refractivity contribution is 8.01. The highest BCUT2D eigenvalue weighted by Crippen LogP contribution is 2.31. The van der Waals surface area contributed by atoms with Crippen LogP contribution in [0.3, 0.4) is 0 Å². The molecule has 1 aromatic heterocycles. The summed E-state index contributed by atoms with van der Waals surface area (Å²) in [6.07, 6.45) is 5.34. The van der Waals surface area contributed by atoms with E-state index in [-0.39, 0.29) is 5.82 Å². The van der Waals surface area contributed by atoms with Crippen molar-refractivity contribution in [3.05, 3.63) is 47.2 Å². The van der Waals surface area contributed by atoms with Crippen LogP contribution < -0.4 is 0 Å². The number of likely N-dealkylation sites (tertiary alicyclic amines) is 1. The summed E-state index contributed by atoms with van der Waals surface area (Å²) in [5, 5.41) is 2.75. The maximum atomic E-state index is 12.9. The zero-order chi connectivity index (χ0) is 14.5. The third kappa shape index (κ3) is 4.53. The number of nitrogens with zero attached hydrogens (tertiary/aromatic N) is 2. The zero-order valence-electron chi connectivity index (χ0n) is 11.9. The van der Waals surface area contributed by atoms with Gasteiger partial charge in [-0.1, -0.05) is 23.9 Å². The van der Waals surface area contributed by atoms with Gasteiger partial charge in [-0.2, -0.15) is 0 Å². The summed E-state index contributed by atoms with van der Waals surface area (Å²) >= 11 is 3.66. The van der Waals surface area contributed by atoms with E-state index in [2.05, 4.69) is 9.88 Å². The standard InChI is InChI=1S/C16H19FN2S2/c17-14-3-1-13(2-4-14)5-9-19-10-6-15(7-11-19)21-16-18-8-12-20-16/h1-4,8,12,15H,5-7,9-11H2. The van der Waals surface area contributed by atoms with Gasteiger partial charge in [-0.05, 0) is 50.0 Å². The molecule has 2 heterocycles. The lowest BCUT2D eigenvalue weighted by Crippen LogP contribution is -2.36. The molecule has 2 nitrogen and oxygen atoms in total. The molecule has 21 heavy (non-hydrogen) atoms. The summed E-state index contributed by atoms with van der Waals surface area (Å²) in [7, 11) is 0. The summed E-state index contributed by atoms with van der Waals surface area (Å²) in [6.45, 7) is 3.38. The van der Waals surface area contributed by atoms with Crippen molar-refractivity contribution in [2.45, 2.75) is 28.9 Å².